The molecule has 1 N–H and O–H groups in total. The van der Waals surface area contributed by atoms with E-state index in [1.807, 2.05) is 0 Å². The fourth-order valence-electron chi connectivity index (χ4n) is 0.313. The number of hydrogen-bond donors (Lipinski definition) is 1. The highest BCUT2D eigenvalue weighted by Gasteiger charge is 2.13. The second kappa shape index (κ2) is 4.03. The van der Waals surface area contributed by atoms with E-state index in [0.717, 1.165) is 0 Å². The van der Waals surface area contributed by atoms with E-state index in [1.54, 1.807) is 0 Å². The van der Waals surface area contributed by atoms with E-state index < -0.39 is 12.1 Å². The van der Waals surface area contributed by atoms with E-state index in [1.165, 1.54) is 6.29 Å². The van der Waals surface area contributed by atoms with Crippen molar-refractivity contribution in [3.8, 4) is 0 Å². The van der Waals surface area contributed by atoms with Crippen molar-refractivity contribution in [1.82, 2.24) is 0 Å². The summed E-state index contributed by atoms with van der Waals surface area (Å²) in [6, 6.07) is 0. The van der Waals surface area contributed by atoms with E-state index in [4.69, 9.17) is 5.11 Å². The summed E-state index contributed by atoms with van der Waals surface area (Å²) in [4.78, 5) is 19.2. The Balaban J connectivity index is 3.37. The van der Waals surface area contributed by atoms with E-state index in [2.05, 4.69) is 0 Å². The Morgan fingerprint density at radius 2 is 2.22 bits per heavy atom. The average molecular weight is 130 g/mol. The molecule has 9 heavy (non-hydrogen) atoms. The maximum atomic E-state index is 9.71. The highest BCUT2D eigenvalue weighted by atomic mass is 16.4. The van der Waals surface area contributed by atoms with Crippen molar-refractivity contribution < 1.29 is 19.8 Å². The summed E-state index contributed by atoms with van der Waals surface area (Å²) in [5.41, 5.74) is 0. The van der Waals surface area contributed by atoms with Gasteiger partial charge in [-0.3, -0.25) is 4.79 Å². The van der Waals surface area contributed by atoms with Gasteiger partial charge in [-0.2, -0.15) is 0 Å². The SMILES string of the molecule is [O]C(=O)C(O)CC[C]=O. The molecule has 0 rings (SSSR count). The number of carbonyl (C=O) groups is 1. The Morgan fingerprint density at radius 3 is 2.56 bits per heavy atom. The van der Waals surface area contributed by atoms with Crippen molar-refractivity contribution in [2.75, 3.05) is 0 Å². The van der Waals surface area contributed by atoms with Crippen molar-refractivity contribution >= 4 is 12.3 Å². The summed E-state index contributed by atoms with van der Waals surface area (Å²) in [5.74, 6) is -1.55. The second-order valence-corrected chi connectivity index (χ2v) is 1.52. The van der Waals surface area contributed by atoms with Gasteiger partial charge in [0.2, 0.25) is 0 Å². The molecule has 0 saturated heterocycles. The maximum Gasteiger partial charge on any atom is 0.383 e. The Morgan fingerprint density at radius 1 is 1.67 bits per heavy atom. The number of aliphatic hydroxyl groups is 1. The van der Waals surface area contributed by atoms with Crippen molar-refractivity contribution in [2.45, 2.75) is 18.9 Å². The molecule has 0 bridgehead atoms. The summed E-state index contributed by atoms with van der Waals surface area (Å²) in [6.45, 7) is 0. The molecule has 0 fully saturated rings. The van der Waals surface area contributed by atoms with Crippen molar-refractivity contribution in [3.63, 3.8) is 0 Å². The Hall–Kier alpha value is -0.900. The van der Waals surface area contributed by atoms with Crippen LogP contribution in [0.2, 0.25) is 0 Å². The summed E-state index contributed by atoms with van der Waals surface area (Å²) < 4.78 is 0. The van der Waals surface area contributed by atoms with Crippen LogP contribution in [0.25, 0.3) is 0 Å². The summed E-state index contributed by atoms with van der Waals surface area (Å²) >= 11 is 0. The number of rotatable bonds is 4. The molecule has 0 amide bonds. The van der Waals surface area contributed by atoms with Crippen molar-refractivity contribution in [3.05, 3.63) is 0 Å². The van der Waals surface area contributed by atoms with Gasteiger partial charge < -0.3 is 5.11 Å². The summed E-state index contributed by atoms with van der Waals surface area (Å²) in [5, 5.41) is 18.1. The number of hydrogen-bond acceptors (Lipinski definition) is 3. The van der Waals surface area contributed by atoms with Gasteiger partial charge >= 0.3 is 5.97 Å². The van der Waals surface area contributed by atoms with Crippen LogP contribution in [0, 0.1) is 0 Å². The first-order valence-corrected chi connectivity index (χ1v) is 2.42. The Labute approximate surface area is 52.1 Å². The van der Waals surface area contributed by atoms with E-state index in [0.29, 0.717) is 0 Å². The molecule has 0 aromatic carbocycles. The first-order chi connectivity index (χ1) is 4.18. The molecule has 0 aromatic rings. The summed E-state index contributed by atoms with van der Waals surface area (Å²) in [6.07, 6.45) is -0.277. The van der Waals surface area contributed by atoms with E-state index in [-0.39, 0.29) is 12.8 Å². The minimum Gasteiger partial charge on any atom is -0.381 e. The minimum absolute atomic E-state index is 0.0743. The Bertz CT molecular complexity index is 110. The van der Waals surface area contributed by atoms with Gasteiger partial charge in [0.25, 0.3) is 0 Å². The van der Waals surface area contributed by atoms with Crippen molar-refractivity contribution in [1.29, 1.82) is 0 Å². The largest absolute Gasteiger partial charge is 0.383 e. The second-order valence-electron chi connectivity index (χ2n) is 1.52. The quantitative estimate of drug-likeness (QED) is 0.541. The third-order valence-corrected chi connectivity index (χ3v) is 0.792. The molecule has 0 saturated carbocycles. The zero-order valence-electron chi connectivity index (χ0n) is 4.66. The normalized spacial score (nSPS) is 12.6. The Kier molecular flexibility index (Phi) is 3.62. The molecule has 0 aliphatic carbocycles. The highest BCUT2D eigenvalue weighted by molar-refractivity contribution is 5.71. The van der Waals surface area contributed by atoms with Crippen LogP contribution in [-0.4, -0.2) is 23.5 Å². The zero-order valence-corrected chi connectivity index (χ0v) is 4.66. The van der Waals surface area contributed by atoms with Gasteiger partial charge in [0.1, 0.15) is 0 Å². The third kappa shape index (κ3) is 3.66. The predicted octanol–water partition coefficient (Wildman–Crippen LogP) is -0.806. The molecule has 0 aliphatic rings. The van der Waals surface area contributed by atoms with Gasteiger partial charge in [-0.25, -0.2) is 9.90 Å². The van der Waals surface area contributed by atoms with E-state index in [9.17, 15) is 14.7 Å². The van der Waals surface area contributed by atoms with Crippen molar-refractivity contribution in [2.24, 2.45) is 0 Å². The topological polar surface area (TPSA) is 74.3 Å². The fourth-order valence-corrected chi connectivity index (χ4v) is 0.313. The zero-order chi connectivity index (χ0) is 7.28. The van der Waals surface area contributed by atoms with Crippen LogP contribution in [0.5, 0.6) is 0 Å². The molecule has 0 aromatic heterocycles. The lowest BCUT2D eigenvalue weighted by molar-refractivity contribution is -0.153. The number of carbonyl (C=O) groups excluding carboxylic acids is 2. The molecule has 0 aliphatic heterocycles. The van der Waals surface area contributed by atoms with Crippen LogP contribution >= 0.6 is 0 Å². The maximum absolute atomic E-state index is 9.71. The standard InChI is InChI=1S/C5H6O4/c6-3-1-2-4(7)5(8)9/h4,7H,1-2H2. The number of aliphatic hydroxyl groups excluding tert-OH is 1. The molecular formula is C5H6O4. The molecule has 4 nitrogen and oxygen atoms in total. The van der Waals surface area contributed by atoms with Crippen LogP contribution in [0.3, 0.4) is 0 Å². The molecule has 4 heteroatoms. The molecule has 1 unspecified atom stereocenters. The average Bonchev–Trinajstić information content (AvgIpc) is 1.82. The van der Waals surface area contributed by atoms with Crippen LogP contribution in [-0.2, 0) is 14.7 Å². The van der Waals surface area contributed by atoms with Gasteiger partial charge in [-0.15, -0.1) is 0 Å². The predicted molar refractivity (Wildman–Crippen MR) is 26.6 cm³/mol. The first kappa shape index (κ1) is 8.10. The van der Waals surface area contributed by atoms with Gasteiger partial charge in [0.15, 0.2) is 12.4 Å². The third-order valence-electron chi connectivity index (χ3n) is 0.792. The van der Waals surface area contributed by atoms with Crippen LogP contribution < -0.4 is 0 Å². The monoisotopic (exact) mass is 130 g/mol. The lowest BCUT2D eigenvalue weighted by Gasteiger charge is -1.96. The van der Waals surface area contributed by atoms with E-state index >= 15 is 0 Å². The molecule has 0 heterocycles. The molecule has 0 spiro atoms. The van der Waals surface area contributed by atoms with Gasteiger partial charge in [0.05, 0.1) is 0 Å². The molecule has 2 radical (unpaired) electrons. The van der Waals surface area contributed by atoms with Gasteiger partial charge in [-0.1, -0.05) is 0 Å². The molecule has 50 valence electrons. The first-order valence-electron chi connectivity index (χ1n) is 2.42. The molecule has 1 atom stereocenters. The van der Waals surface area contributed by atoms with Crippen LogP contribution in [0.15, 0.2) is 0 Å². The highest BCUT2D eigenvalue weighted by Crippen LogP contribution is 1.93. The lowest BCUT2D eigenvalue weighted by atomic mass is 10.2. The molecular weight excluding hydrogens is 124 g/mol. The minimum atomic E-state index is -1.55. The fraction of sp³-hybridized carbons (Fsp3) is 0.600. The smallest absolute Gasteiger partial charge is 0.381 e. The van der Waals surface area contributed by atoms with Gasteiger partial charge in [-0.05, 0) is 6.42 Å². The lowest BCUT2D eigenvalue weighted by Crippen LogP contribution is -2.17. The van der Waals surface area contributed by atoms with Crippen LogP contribution in [0.4, 0.5) is 0 Å². The van der Waals surface area contributed by atoms with Gasteiger partial charge in [0, 0.05) is 6.42 Å². The summed E-state index contributed by atoms with van der Waals surface area (Å²) in [7, 11) is 0. The van der Waals surface area contributed by atoms with Crippen LogP contribution in [0.1, 0.15) is 12.8 Å².